The molecule has 5 nitrogen and oxygen atoms in total. The van der Waals surface area contributed by atoms with Gasteiger partial charge in [-0.1, -0.05) is 17.7 Å². The summed E-state index contributed by atoms with van der Waals surface area (Å²) >= 11 is 5.89. The van der Waals surface area contributed by atoms with E-state index < -0.39 is 41.6 Å². The van der Waals surface area contributed by atoms with Gasteiger partial charge in [0, 0.05) is 5.02 Å². The summed E-state index contributed by atoms with van der Waals surface area (Å²) < 4.78 is 67.0. The first-order chi connectivity index (χ1) is 14.0. The molecule has 1 amide bonds. The number of aromatic hydroxyl groups is 1. The number of rotatable bonds is 5. The molecule has 0 spiro atoms. The van der Waals surface area contributed by atoms with Gasteiger partial charge in [-0.2, -0.15) is 18.3 Å². The van der Waals surface area contributed by atoms with Crippen molar-refractivity contribution in [3.05, 3.63) is 76.1 Å². The summed E-state index contributed by atoms with van der Waals surface area (Å²) in [4.78, 5) is 12.1. The number of aromatic nitrogens is 2. The Bertz CT molecular complexity index is 1080. The molecule has 0 aliphatic heterocycles. The minimum Gasteiger partial charge on any atom is -0.503 e. The van der Waals surface area contributed by atoms with E-state index in [0.717, 1.165) is 22.9 Å². The quantitative estimate of drug-likeness (QED) is 0.572. The van der Waals surface area contributed by atoms with Gasteiger partial charge >= 0.3 is 6.18 Å². The van der Waals surface area contributed by atoms with Gasteiger partial charge in [-0.05, 0) is 42.0 Å². The van der Waals surface area contributed by atoms with Gasteiger partial charge in [-0.3, -0.25) is 4.79 Å². The second-order valence-electron chi connectivity index (χ2n) is 6.27. The number of amides is 1. The average Bonchev–Trinajstić information content (AvgIpc) is 3.09. The zero-order valence-electron chi connectivity index (χ0n) is 15.0. The van der Waals surface area contributed by atoms with Crippen LogP contribution < -0.4 is 5.32 Å². The first-order valence-electron chi connectivity index (χ1n) is 8.40. The summed E-state index contributed by atoms with van der Waals surface area (Å²) in [5, 5.41) is 15.3. The summed E-state index contributed by atoms with van der Waals surface area (Å²) in [5.41, 5.74) is -0.944. The SMILES string of the molecule is O=C(Cc1cc(F)c(O)c(F)c1)NCc1cc(C(F)(F)F)nn1-c1cccc(Cl)c1. The largest absolute Gasteiger partial charge is 0.503 e. The average molecular weight is 446 g/mol. The molecule has 0 aliphatic carbocycles. The number of nitrogens with zero attached hydrogens (tertiary/aromatic N) is 2. The van der Waals surface area contributed by atoms with Gasteiger partial charge in [0.2, 0.25) is 5.91 Å². The number of hydrogen-bond acceptors (Lipinski definition) is 3. The van der Waals surface area contributed by atoms with Crippen LogP contribution in [0.3, 0.4) is 0 Å². The fraction of sp³-hybridized carbons (Fsp3) is 0.158. The number of phenolic OH excluding ortho intramolecular Hbond substituents is 1. The zero-order valence-corrected chi connectivity index (χ0v) is 15.7. The fourth-order valence-electron chi connectivity index (χ4n) is 2.67. The van der Waals surface area contributed by atoms with Gasteiger partial charge in [0.1, 0.15) is 0 Å². The molecule has 0 saturated carbocycles. The van der Waals surface area contributed by atoms with Crippen molar-refractivity contribution in [2.75, 3.05) is 0 Å². The van der Waals surface area contributed by atoms with Crippen LogP contribution in [0, 0.1) is 11.6 Å². The van der Waals surface area contributed by atoms with E-state index in [9.17, 15) is 26.7 Å². The van der Waals surface area contributed by atoms with Crippen molar-refractivity contribution in [1.82, 2.24) is 15.1 Å². The Kier molecular flexibility index (Phi) is 5.97. The van der Waals surface area contributed by atoms with Gasteiger partial charge in [-0.15, -0.1) is 0 Å². The first kappa shape index (κ1) is 21.6. The third-order valence-corrected chi connectivity index (χ3v) is 4.27. The maximum atomic E-state index is 13.4. The molecule has 3 aromatic rings. The van der Waals surface area contributed by atoms with E-state index in [1.165, 1.54) is 24.3 Å². The normalized spacial score (nSPS) is 11.5. The highest BCUT2D eigenvalue weighted by Gasteiger charge is 2.35. The van der Waals surface area contributed by atoms with E-state index >= 15 is 0 Å². The van der Waals surface area contributed by atoms with Crippen molar-refractivity contribution in [2.24, 2.45) is 0 Å². The number of halogens is 6. The number of phenols is 1. The molecule has 11 heteroatoms. The number of hydrogen-bond donors (Lipinski definition) is 2. The number of carbonyl (C=O) groups is 1. The third kappa shape index (κ3) is 4.88. The second-order valence-corrected chi connectivity index (χ2v) is 6.71. The Labute approximate surface area is 171 Å². The Morgan fingerprint density at radius 2 is 1.80 bits per heavy atom. The molecule has 3 rings (SSSR count). The van der Waals surface area contributed by atoms with E-state index in [2.05, 4.69) is 10.4 Å². The number of carbonyl (C=O) groups excluding carboxylic acids is 1. The summed E-state index contributed by atoms with van der Waals surface area (Å²) in [6, 6.07) is 8.32. The Hall–Kier alpha value is -3.14. The lowest BCUT2D eigenvalue weighted by Crippen LogP contribution is -2.25. The molecule has 1 aromatic heterocycles. The molecule has 1 heterocycles. The van der Waals surface area contributed by atoms with Crippen LogP contribution in [-0.2, 0) is 23.9 Å². The first-order valence-corrected chi connectivity index (χ1v) is 8.78. The molecule has 0 fully saturated rings. The van der Waals surface area contributed by atoms with Crippen LogP contribution in [0.15, 0.2) is 42.5 Å². The van der Waals surface area contributed by atoms with Crippen molar-refractivity contribution < 1.29 is 31.9 Å². The maximum absolute atomic E-state index is 13.4. The maximum Gasteiger partial charge on any atom is 0.435 e. The van der Waals surface area contributed by atoms with E-state index in [1.54, 1.807) is 0 Å². The smallest absolute Gasteiger partial charge is 0.435 e. The van der Waals surface area contributed by atoms with Gasteiger partial charge in [0.25, 0.3) is 0 Å². The lowest BCUT2D eigenvalue weighted by molar-refractivity contribution is -0.141. The fourth-order valence-corrected chi connectivity index (χ4v) is 2.86. The van der Waals surface area contributed by atoms with Crippen LogP contribution in [0.2, 0.25) is 5.02 Å². The Morgan fingerprint density at radius 3 is 2.40 bits per heavy atom. The molecule has 0 radical (unpaired) electrons. The highest BCUT2D eigenvalue weighted by molar-refractivity contribution is 6.30. The lowest BCUT2D eigenvalue weighted by atomic mass is 10.1. The summed E-state index contributed by atoms with van der Waals surface area (Å²) in [6.07, 6.45) is -5.16. The van der Waals surface area contributed by atoms with Gasteiger partial charge in [0.05, 0.1) is 24.3 Å². The van der Waals surface area contributed by atoms with Crippen LogP contribution in [-0.4, -0.2) is 20.8 Å². The van der Waals surface area contributed by atoms with Crippen molar-refractivity contribution in [1.29, 1.82) is 0 Å². The van der Waals surface area contributed by atoms with Crippen molar-refractivity contribution in [3.63, 3.8) is 0 Å². The zero-order chi connectivity index (χ0) is 22.1. The van der Waals surface area contributed by atoms with Crippen LogP contribution in [0.1, 0.15) is 17.0 Å². The van der Waals surface area contributed by atoms with Crippen molar-refractivity contribution in [3.8, 4) is 11.4 Å². The van der Waals surface area contributed by atoms with Crippen LogP contribution >= 0.6 is 11.6 Å². The van der Waals surface area contributed by atoms with E-state index in [1.807, 2.05) is 0 Å². The van der Waals surface area contributed by atoms with Gasteiger partial charge in [0.15, 0.2) is 23.1 Å². The second kappa shape index (κ2) is 8.31. The lowest BCUT2D eigenvalue weighted by Gasteiger charge is -2.10. The minimum atomic E-state index is -4.70. The topological polar surface area (TPSA) is 67.2 Å². The van der Waals surface area contributed by atoms with Crippen LogP contribution in [0.4, 0.5) is 22.0 Å². The van der Waals surface area contributed by atoms with E-state index in [4.69, 9.17) is 16.7 Å². The highest BCUT2D eigenvalue weighted by Crippen LogP contribution is 2.30. The predicted octanol–water partition coefficient (Wildman–Crippen LogP) is 4.39. The predicted molar refractivity (Wildman–Crippen MR) is 97.1 cm³/mol. The molecule has 0 atom stereocenters. The van der Waals surface area contributed by atoms with E-state index in [0.29, 0.717) is 0 Å². The molecular weight excluding hydrogens is 433 g/mol. The molecule has 0 unspecified atom stereocenters. The Morgan fingerprint density at radius 1 is 1.13 bits per heavy atom. The molecule has 0 aliphatic rings. The molecule has 2 aromatic carbocycles. The standard InChI is InChI=1S/C19H13ClF5N3O2/c20-11-2-1-3-12(7-11)28-13(8-16(27-28)19(23,24)25)9-26-17(29)6-10-4-14(21)18(30)15(22)5-10/h1-5,7-8,30H,6,9H2,(H,26,29). The number of benzene rings is 2. The molecule has 0 saturated heterocycles. The molecule has 158 valence electrons. The molecule has 30 heavy (non-hydrogen) atoms. The third-order valence-electron chi connectivity index (χ3n) is 4.03. The van der Waals surface area contributed by atoms with Crippen molar-refractivity contribution in [2.45, 2.75) is 19.1 Å². The highest BCUT2D eigenvalue weighted by atomic mass is 35.5. The molecular formula is C19H13ClF5N3O2. The summed E-state index contributed by atoms with van der Waals surface area (Å²) in [6.45, 7) is -0.336. The van der Waals surface area contributed by atoms with Crippen LogP contribution in [0.25, 0.3) is 5.69 Å². The molecule has 2 N–H and O–H groups in total. The van der Waals surface area contributed by atoms with E-state index in [-0.39, 0.29) is 28.5 Å². The van der Waals surface area contributed by atoms with Crippen LogP contribution in [0.5, 0.6) is 5.75 Å². The summed E-state index contributed by atoms with van der Waals surface area (Å²) in [5.74, 6) is -4.32. The summed E-state index contributed by atoms with van der Waals surface area (Å²) in [7, 11) is 0. The monoisotopic (exact) mass is 445 g/mol. The molecule has 0 bridgehead atoms. The Balaban J connectivity index is 1.80. The van der Waals surface area contributed by atoms with Crippen molar-refractivity contribution >= 4 is 17.5 Å². The minimum absolute atomic E-state index is 0.0148. The van der Waals surface area contributed by atoms with Gasteiger partial charge in [-0.25, -0.2) is 13.5 Å². The van der Waals surface area contributed by atoms with Gasteiger partial charge < -0.3 is 10.4 Å². The number of nitrogens with one attached hydrogen (secondary N) is 1. The number of alkyl halides is 3.